The van der Waals surface area contributed by atoms with E-state index in [4.69, 9.17) is 28.4 Å². The number of amides is 2. The van der Waals surface area contributed by atoms with Gasteiger partial charge in [-0.2, -0.15) is 0 Å². The van der Waals surface area contributed by atoms with Crippen molar-refractivity contribution >= 4 is 17.8 Å². The topological polar surface area (TPSA) is 373 Å². The lowest BCUT2D eigenvalue weighted by molar-refractivity contribution is -0.386. The van der Waals surface area contributed by atoms with Crippen LogP contribution in [-0.2, 0) is 42.8 Å². The average molecular weight is 1480 g/mol. The van der Waals surface area contributed by atoms with Gasteiger partial charge in [0.15, 0.2) is 12.6 Å². The predicted octanol–water partition coefficient (Wildman–Crippen LogP) is 11.4. The Morgan fingerprint density at radius 2 is 0.903 bits per heavy atom. The van der Waals surface area contributed by atoms with Crippen LogP contribution in [0.3, 0.4) is 0 Å². The number of hydrogen-bond donors (Lipinski definition) is 14. The molecule has 0 spiro atoms. The van der Waals surface area contributed by atoms with E-state index < -0.39 is 155 Å². The Morgan fingerprint density at radius 1 is 0.505 bits per heavy atom. The highest BCUT2D eigenvalue weighted by Crippen LogP contribution is 2.39. The summed E-state index contributed by atoms with van der Waals surface area (Å²) in [6.07, 6.45) is 35.4. The van der Waals surface area contributed by atoms with Gasteiger partial charge in [0.2, 0.25) is 11.8 Å². The molecule has 14 N–H and O–H groups in total. The Balaban J connectivity index is 1.48. The normalized spacial score (nSPS) is 26.5. The Kier molecular flexibility index (Phi) is 54.6. The summed E-state index contributed by atoms with van der Waals surface area (Å²) in [5, 5.41) is 136. The molecule has 0 aliphatic carbocycles. The first-order valence-corrected chi connectivity index (χ1v) is 41.6. The maximum atomic E-state index is 13.5. The van der Waals surface area contributed by atoms with Crippen LogP contribution in [0, 0.1) is 0 Å². The zero-order valence-corrected chi connectivity index (χ0v) is 64.2. The van der Waals surface area contributed by atoms with Gasteiger partial charge < -0.3 is 100 Å². The fourth-order valence-electron chi connectivity index (χ4n) is 14.7. The van der Waals surface area contributed by atoms with Crippen molar-refractivity contribution in [3.05, 3.63) is 12.2 Å². The molecule has 3 saturated heterocycles. The van der Waals surface area contributed by atoms with Gasteiger partial charge in [0.05, 0.1) is 50.7 Å². The number of carboxylic acid groups (broad SMARTS) is 1. The Bertz CT molecular complexity index is 2100. The van der Waals surface area contributed by atoms with Gasteiger partial charge in [-0.25, -0.2) is 4.79 Å². The summed E-state index contributed by atoms with van der Waals surface area (Å²) in [7, 11) is 0. The second-order valence-electron chi connectivity index (χ2n) is 30.4. The quantitative estimate of drug-likeness (QED) is 0.0199. The van der Waals surface area contributed by atoms with E-state index in [0.717, 1.165) is 51.9 Å². The molecule has 3 aliphatic rings. The summed E-state index contributed by atoms with van der Waals surface area (Å²) in [6, 6.07) is -2.62. The number of ether oxygens (including phenoxy) is 6. The highest BCUT2D eigenvalue weighted by molar-refractivity contribution is 5.77. The third kappa shape index (κ3) is 39.6. The number of carboxylic acids is 1. The fraction of sp³-hybridized carbons (Fsp3) is 0.938. The molecule has 0 saturated carbocycles. The number of aliphatic hydroxyl groups is 11. The first-order chi connectivity index (χ1) is 49.9. The van der Waals surface area contributed by atoms with Crippen molar-refractivity contribution in [1.29, 1.82) is 0 Å². The number of nitrogens with one attached hydrogen (secondary N) is 2. The maximum absolute atomic E-state index is 13.5. The van der Waals surface area contributed by atoms with E-state index in [0.29, 0.717) is 12.8 Å². The van der Waals surface area contributed by atoms with E-state index in [-0.39, 0.29) is 12.3 Å². The standard InChI is InChI=1S/C80H150N2O21/c1-4-6-8-10-12-14-16-18-20-22-24-25-26-27-28-29-30-31-32-33-34-36-38-40-42-44-46-48-50-52-54-67(90)82-61(62(87)53-51-49-47-45-43-41-39-37-35-23-21-19-17-15-13-11-9-7-5-2)59-98-77-72(94)71(93)74(66(58-85)100-77)101-78-73(95)76(70(92)65(57-84)99-78)103-80(79(96)97)55-63(88)68(81-60(3)86)75(102-80)69(91)64(89)56-83/h51,53,61-66,68-78,83-85,87-89,91-95H,4-50,52,54-59H2,1-3H3,(H,81,86)(H,82,90)(H,96,97)/b53-51+. The van der Waals surface area contributed by atoms with Crippen LogP contribution in [-0.4, -0.2) is 215 Å². The van der Waals surface area contributed by atoms with Crippen molar-refractivity contribution < 1.29 is 104 Å². The summed E-state index contributed by atoms with van der Waals surface area (Å²) >= 11 is 0. The van der Waals surface area contributed by atoms with Crippen molar-refractivity contribution in [2.24, 2.45) is 0 Å². The van der Waals surface area contributed by atoms with Crippen LogP contribution in [0.25, 0.3) is 0 Å². The van der Waals surface area contributed by atoms with E-state index in [9.17, 15) is 75.7 Å². The molecule has 0 aromatic carbocycles. The van der Waals surface area contributed by atoms with E-state index in [1.807, 2.05) is 6.08 Å². The van der Waals surface area contributed by atoms with Crippen molar-refractivity contribution in [1.82, 2.24) is 10.6 Å². The summed E-state index contributed by atoms with van der Waals surface area (Å²) in [6.45, 7) is 2.20. The van der Waals surface area contributed by atoms with E-state index in [1.165, 1.54) is 250 Å². The smallest absolute Gasteiger partial charge is 0.364 e. The zero-order chi connectivity index (χ0) is 75.3. The molecule has 0 aromatic heterocycles. The van der Waals surface area contributed by atoms with Gasteiger partial charge in [0.25, 0.3) is 5.79 Å². The molecule has 3 heterocycles. The van der Waals surface area contributed by atoms with Crippen LogP contribution in [0.5, 0.6) is 0 Å². The molecule has 606 valence electrons. The Hall–Kier alpha value is -2.53. The second-order valence-corrected chi connectivity index (χ2v) is 30.4. The van der Waals surface area contributed by atoms with Crippen molar-refractivity contribution in [2.75, 3.05) is 26.4 Å². The number of rotatable bonds is 66. The fourth-order valence-corrected chi connectivity index (χ4v) is 14.7. The molecule has 0 aromatic rings. The van der Waals surface area contributed by atoms with Crippen molar-refractivity contribution in [3.63, 3.8) is 0 Å². The van der Waals surface area contributed by atoms with Gasteiger partial charge in [-0.05, 0) is 19.3 Å². The highest BCUT2D eigenvalue weighted by Gasteiger charge is 2.60. The number of unbranched alkanes of at least 4 members (excludes halogenated alkanes) is 46. The van der Waals surface area contributed by atoms with Crippen LogP contribution < -0.4 is 10.6 Å². The molecule has 3 rings (SSSR count). The molecule has 0 bridgehead atoms. The molecule has 23 heteroatoms. The molecular formula is C80H150N2O21. The van der Waals surface area contributed by atoms with Crippen LogP contribution in [0.15, 0.2) is 12.2 Å². The first-order valence-electron chi connectivity index (χ1n) is 41.6. The molecule has 103 heavy (non-hydrogen) atoms. The number of carbonyl (C=O) groups is 3. The third-order valence-corrected chi connectivity index (χ3v) is 21.2. The largest absolute Gasteiger partial charge is 0.477 e. The molecular weight excluding hydrogens is 1320 g/mol. The zero-order valence-electron chi connectivity index (χ0n) is 64.2. The molecule has 18 atom stereocenters. The average Bonchev–Trinajstić information content (AvgIpc) is 0.754. The summed E-state index contributed by atoms with van der Waals surface area (Å²) < 4.78 is 34.9. The minimum absolute atomic E-state index is 0.206. The molecule has 18 unspecified atom stereocenters. The lowest BCUT2D eigenvalue weighted by Gasteiger charge is -2.50. The van der Waals surface area contributed by atoms with Gasteiger partial charge in [-0.15, -0.1) is 0 Å². The first kappa shape index (κ1) is 94.7. The SMILES string of the molecule is CCCCCCCCCCCCCCCCCCC/C=C/C(O)C(COC1OC(CO)C(OC2OC(CO)C(O)C(OC3(C(=O)O)CC(O)C(NC(C)=O)C(C(O)C(O)CO)O3)C2O)C(O)C1O)NC(=O)CCCCCCCCCCCCCCCCCCCCCCCCCCCCCCCC. The van der Waals surface area contributed by atoms with Crippen molar-refractivity contribution in [3.8, 4) is 0 Å². The van der Waals surface area contributed by atoms with Crippen LogP contribution in [0.4, 0.5) is 0 Å². The van der Waals surface area contributed by atoms with Gasteiger partial charge in [0.1, 0.15) is 67.1 Å². The lowest BCUT2D eigenvalue weighted by Crippen LogP contribution is -2.70. The molecule has 3 fully saturated rings. The minimum atomic E-state index is -3.08. The Morgan fingerprint density at radius 3 is 1.29 bits per heavy atom. The number of carbonyl (C=O) groups excluding carboxylic acids is 2. The summed E-state index contributed by atoms with van der Waals surface area (Å²) in [5.41, 5.74) is 0. The number of aliphatic carboxylic acids is 1. The molecule has 3 aliphatic heterocycles. The lowest BCUT2D eigenvalue weighted by atomic mass is 9.88. The summed E-state index contributed by atoms with van der Waals surface area (Å²) in [4.78, 5) is 38.7. The number of hydrogen-bond acceptors (Lipinski definition) is 20. The molecule has 0 radical (unpaired) electrons. The number of aliphatic hydroxyl groups excluding tert-OH is 11. The second kappa shape index (κ2) is 59.4. The maximum Gasteiger partial charge on any atom is 0.364 e. The van der Waals surface area contributed by atoms with Gasteiger partial charge in [-0.3, -0.25) is 9.59 Å². The van der Waals surface area contributed by atoms with E-state index >= 15 is 0 Å². The van der Waals surface area contributed by atoms with Gasteiger partial charge in [0, 0.05) is 19.8 Å². The van der Waals surface area contributed by atoms with Crippen molar-refractivity contribution in [2.45, 2.75) is 452 Å². The van der Waals surface area contributed by atoms with Gasteiger partial charge in [-0.1, -0.05) is 315 Å². The summed E-state index contributed by atoms with van der Waals surface area (Å²) in [5.74, 6) is -6.13. The number of allylic oxidation sites excluding steroid dienone is 1. The third-order valence-electron chi connectivity index (χ3n) is 21.2. The van der Waals surface area contributed by atoms with E-state index in [2.05, 4.69) is 24.5 Å². The van der Waals surface area contributed by atoms with Crippen LogP contribution >= 0.6 is 0 Å². The highest BCUT2D eigenvalue weighted by atomic mass is 16.8. The minimum Gasteiger partial charge on any atom is -0.477 e. The Labute approximate surface area is 620 Å². The molecule has 23 nitrogen and oxygen atoms in total. The van der Waals surface area contributed by atoms with Crippen LogP contribution in [0.2, 0.25) is 0 Å². The van der Waals surface area contributed by atoms with E-state index in [1.54, 1.807) is 6.08 Å². The monoisotopic (exact) mass is 1480 g/mol. The predicted molar refractivity (Wildman–Crippen MR) is 398 cm³/mol. The molecule has 2 amide bonds. The van der Waals surface area contributed by atoms with Crippen LogP contribution in [0.1, 0.15) is 342 Å². The van der Waals surface area contributed by atoms with Gasteiger partial charge >= 0.3 is 5.97 Å².